The summed E-state index contributed by atoms with van der Waals surface area (Å²) < 4.78 is 25.9. The maximum absolute atomic E-state index is 13.1. The molecule has 6 aliphatic rings. The summed E-state index contributed by atoms with van der Waals surface area (Å²) >= 11 is 0. The lowest BCUT2D eigenvalue weighted by Gasteiger charge is -2.34. The average Bonchev–Trinajstić information content (AvgIpc) is 1.57. The number of nitrogens with zero attached hydrogens (tertiary/aromatic N) is 15. The van der Waals surface area contributed by atoms with Gasteiger partial charge in [-0.3, -0.25) is 38.4 Å². The van der Waals surface area contributed by atoms with E-state index < -0.39 is 6.09 Å². The van der Waals surface area contributed by atoms with Crippen LogP contribution in [0.4, 0.5) is 31.4 Å². The summed E-state index contributed by atoms with van der Waals surface area (Å²) in [5, 5.41) is 12.5. The standard InChI is InChI=1S/C28H35N5O3.C26H32N4O2.C25H33N7O4/c1-17-4-11-23-24(32(17)28(35)36-3)12-13-25-27(23)30-26(16-31-15-21(14-29-31)20-5-6-20)33(25)22-9-7-19(8-10-22)18(2)34;1-17-16-27-14-13-21(17)30-23-12-11-22-20(10-9-18(2)29(22)26(31)32-3)25(23)28-24(30)15-19-7-5-4-6-8-19;1-17-7-8-18-19(32(17)25(35)36-5)9-10-20-24(18)27-21(11-14-30-13-6-12-26-30)31(20)16-23(34)29(4)15-22(33)28(2)3/h12-15,17,19-20,22H,4-11,16H2,1-3H3;4-8,11-12,17-18,21,27H,9-10,13-16H2,1-3H3;6,9-10,12-13,17H,7-8,11,14-16H2,1-5H3/t17-,19?,22?;17-,18-,21-;17-/m000/s1. The van der Waals surface area contributed by atoms with Gasteiger partial charge in [0.25, 0.3) is 0 Å². The van der Waals surface area contributed by atoms with Gasteiger partial charge in [-0.25, -0.2) is 29.3 Å². The molecule has 0 bridgehead atoms. The Hall–Kier alpha value is -9.91. The third kappa shape index (κ3) is 14.8. The van der Waals surface area contributed by atoms with E-state index in [1.165, 1.54) is 66.2 Å². The third-order valence-corrected chi connectivity index (χ3v) is 22.4. The van der Waals surface area contributed by atoms with Crippen LogP contribution < -0.4 is 20.0 Å². The van der Waals surface area contributed by atoms with Crippen molar-refractivity contribution in [1.82, 2.24) is 63.3 Å². The van der Waals surface area contributed by atoms with Crippen LogP contribution in [0, 0.1) is 11.8 Å². The number of likely N-dealkylation sites (N-methyl/N-ethyl adjacent to an activating group) is 2. The molecule has 5 aromatic heterocycles. The quantitative estimate of drug-likeness (QED) is 0.0937. The number of anilines is 3. The molecule has 4 aliphatic heterocycles. The number of piperidine rings is 1. The first-order chi connectivity index (χ1) is 50.2. The molecule has 550 valence electrons. The van der Waals surface area contributed by atoms with Gasteiger partial charge in [-0.05, 0) is 190 Å². The van der Waals surface area contributed by atoms with Gasteiger partial charge < -0.3 is 43.0 Å². The fourth-order valence-electron chi connectivity index (χ4n) is 16.4. The monoisotopic (exact) mass is 1420 g/mol. The lowest BCUT2D eigenvalue weighted by Crippen LogP contribution is -2.42. The van der Waals surface area contributed by atoms with E-state index in [4.69, 9.17) is 29.2 Å². The molecular formula is C79H100N16O9. The Bertz CT molecular complexity index is 4620. The van der Waals surface area contributed by atoms with Crippen molar-refractivity contribution in [2.24, 2.45) is 11.8 Å². The van der Waals surface area contributed by atoms with E-state index in [0.717, 1.165) is 163 Å². The predicted molar refractivity (Wildman–Crippen MR) is 399 cm³/mol. The Kier molecular flexibility index (Phi) is 21.7. The van der Waals surface area contributed by atoms with Crippen LogP contribution in [-0.2, 0) is 80.3 Å². The normalized spacial score (nSPS) is 20.7. The summed E-state index contributed by atoms with van der Waals surface area (Å²) in [6, 6.07) is 25.6. The highest BCUT2D eigenvalue weighted by atomic mass is 16.6. The van der Waals surface area contributed by atoms with Crippen molar-refractivity contribution < 1.29 is 43.0 Å². The topological polar surface area (TPSA) is 247 Å². The number of hydrogen-bond donors (Lipinski definition) is 1. The number of methoxy groups -OCH3 is 3. The number of Topliss-reactive ketones (excluding diaryl/α,β-unsaturated/α-hetero) is 1. The SMILES string of the molecule is COC(=O)N1c2ccc3c(nc(CCn4cccn4)n3CC(=O)N(C)CC(=O)N(C)C)c2CC[C@@H]1C.COC(=O)N1c2ccc3c(nc(Cc4ccccc4)n3[C@H]3CCNC[C@@H]3C)c2CC[C@@H]1C.COC(=O)N1c2ccc3c(nc(Cn4cc(C5CC5)cn4)n3C3CCC(C(C)=O)CC3)c2CC[C@@H]1C. The third-order valence-electron chi connectivity index (χ3n) is 22.4. The number of rotatable bonds is 15. The van der Waals surface area contributed by atoms with Crippen LogP contribution in [0.2, 0.25) is 0 Å². The summed E-state index contributed by atoms with van der Waals surface area (Å²) in [4.78, 5) is 98.5. The first kappa shape index (κ1) is 72.4. The molecule has 2 saturated carbocycles. The van der Waals surface area contributed by atoms with Crippen LogP contribution in [0.5, 0.6) is 0 Å². The molecule has 9 heterocycles. The van der Waals surface area contributed by atoms with Gasteiger partial charge in [0.15, 0.2) is 0 Å². The number of hydrogen-bond acceptors (Lipinski definition) is 15. The number of carbonyl (C=O) groups excluding carboxylic acids is 6. The Morgan fingerprint density at radius 3 is 1.65 bits per heavy atom. The van der Waals surface area contributed by atoms with Crippen molar-refractivity contribution in [3.8, 4) is 0 Å². The molecule has 4 aromatic carbocycles. The molecule has 2 aliphatic carbocycles. The minimum absolute atomic E-state index is 0.00244. The van der Waals surface area contributed by atoms with Crippen LogP contribution in [0.3, 0.4) is 0 Å². The van der Waals surface area contributed by atoms with Crippen LogP contribution in [-0.4, -0.2) is 174 Å². The number of amides is 5. The van der Waals surface area contributed by atoms with E-state index in [0.29, 0.717) is 49.2 Å². The Morgan fingerprint density at radius 1 is 0.577 bits per heavy atom. The highest BCUT2D eigenvalue weighted by Crippen LogP contribution is 2.44. The Morgan fingerprint density at radius 2 is 1.12 bits per heavy atom. The largest absolute Gasteiger partial charge is 0.452 e. The highest BCUT2D eigenvalue weighted by Gasteiger charge is 2.38. The molecule has 9 aromatic rings. The van der Waals surface area contributed by atoms with Crippen molar-refractivity contribution in [3.63, 3.8) is 0 Å². The number of carbonyl (C=O) groups is 6. The van der Waals surface area contributed by atoms with Crippen molar-refractivity contribution in [2.45, 2.75) is 187 Å². The van der Waals surface area contributed by atoms with Crippen molar-refractivity contribution >= 4 is 86.0 Å². The minimum atomic E-state index is -0.400. The van der Waals surface area contributed by atoms with Crippen molar-refractivity contribution in [2.75, 3.05) is 76.8 Å². The number of fused-ring (bicyclic) bond motifs is 9. The van der Waals surface area contributed by atoms with Crippen LogP contribution in [0.25, 0.3) is 33.1 Å². The van der Waals surface area contributed by atoms with Crippen LogP contribution in [0.15, 0.2) is 97.6 Å². The lowest BCUT2D eigenvalue weighted by atomic mass is 9.83. The Balaban J connectivity index is 0.000000139. The molecule has 25 heteroatoms. The van der Waals surface area contributed by atoms with Gasteiger partial charge in [0.2, 0.25) is 11.8 Å². The maximum Gasteiger partial charge on any atom is 0.414 e. The zero-order valence-electron chi connectivity index (χ0n) is 62.1. The second kappa shape index (κ2) is 31.2. The number of aromatic nitrogens is 10. The van der Waals surface area contributed by atoms with Gasteiger partial charge in [-0.15, -0.1) is 0 Å². The zero-order chi connectivity index (χ0) is 73.2. The number of imidazole rings is 3. The Labute approximate surface area is 607 Å². The molecule has 25 nitrogen and oxygen atoms in total. The van der Waals surface area contributed by atoms with E-state index in [-0.39, 0.29) is 61.1 Å². The summed E-state index contributed by atoms with van der Waals surface area (Å²) in [5.41, 5.74) is 14.4. The van der Waals surface area contributed by atoms with Crippen molar-refractivity contribution in [3.05, 3.63) is 143 Å². The van der Waals surface area contributed by atoms with Gasteiger partial charge in [-0.1, -0.05) is 37.3 Å². The molecule has 1 saturated heterocycles. The summed E-state index contributed by atoms with van der Waals surface area (Å²) in [6.45, 7) is 13.5. The van der Waals surface area contributed by atoms with E-state index in [9.17, 15) is 28.8 Å². The maximum atomic E-state index is 13.1. The summed E-state index contributed by atoms with van der Waals surface area (Å²) in [5.74, 6) is 4.20. The smallest absolute Gasteiger partial charge is 0.414 e. The van der Waals surface area contributed by atoms with Crippen LogP contribution >= 0.6 is 0 Å². The van der Waals surface area contributed by atoms with E-state index in [2.05, 4.69) is 106 Å². The molecule has 5 atom stereocenters. The molecule has 104 heavy (non-hydrogen) atoms. The molecular weight excluding hydrogens is 1320 g/mol. The second-order valence-corrected chi connectivity index (χ2v) is 29.5. The zero-order valence-corrected chi connectivity index (χ0v) is 62.1. The second-order valence-electron chi connectivity index (χ2n) is 29.5. The highest BCUT2D eigenvalue weighted by molar-refractivity contribution is 5.98. The first-order valence-electron chi connectivity index (χ1n) is 37.1. The fourth-order valence-corrected chi connectivity index (χ4v) is 16.4. The summed E-state index contributed by atoms with van der Waals surface area (Å²) in [7, 11) is 9.23. The number of ketones is 1. The molecule has 1 N–H and O–H groups in total. The van der Waals surface area contributed by atoms with E-state index in [1.807, 2.05) is 51.4 Å². The van der Waals surface area contributed by atoms with E-state index >= 15 is 0 Å². The fraction of sp³-hybridized carbons (Fsp3) is 0.506. The van der Waals surface area contributed by atoms with Gasteiger partial charge in [0, 0.05) is 112 Å². The first-order valence-corrected chi connectivity index (χ1v) is 37.1. The summed E-state index contributed by atoms with van der Waals surface area (Å²) in [6.07, 6.45) is 20.6. The number of aryl methyl sites for hydroxylation is 5. The van der Waals surface area contributed by atoms with Gasteiger partial charge in [-0.2, -0.15) is 10.2 Å². The molecule has 0 spiro atoms. The molecule has 0 unspecified atom stereocenters. The molecule has 3 fully saturated rings. The molecule has 0 radical (unpaired) electrons. The van der Waals surface area contributed by atoms with Gasteiger partial charge >= 0.3 is 18.3 Å². The van der Waals surface area contributed by atoms with Crippen molar-refractivity contribution in [1.29, 1.82) is 0 Å². The lowest BCUT2D eigenvalue weighted by molar-refractivity contribution is -0.138. The molecule has 15 rings (SSSR count). The van der Waals surface area contributed by atoms with Crippen LogP contribution in [0.1, 0.15) is 162 Å². The number of ether oxygens (including phenoxy) is 3. The van der Waals surface area contributed by atoms with Gasteiger partial charge in [0.05, 0.1) is 90.8 Å². The number of nitrogens with one attached hydrogen (secondary N) is 1. The van der Waals surface area contributed by atoms with E-state index in [1.54, 1.807) is 49.0 Å². The predicted octanol–water partition coefficient (Wildman–Crippen LogP) is 12.0. The minimum Gasteiger partial charge on any atom is -0.452 e. The number of benzene rings is 4. The average molecular weight is 1420 g/mol. The molecule has 5 amide bonds. The van der Waals surface area contributed by atoms with Gasteiger partial charge in [0.1, 0.15) is 29.8 Å².